The molecule has 0 saturated carbocycles. The Morgan fingerprint density at radius 2 is 1.86 bits per heavy atom. The number of thiazole rings is 1. The van der Waals surface area contributed by atoms with Crippen molar-refractivity contribution in [1.82, 2.24) is 10.3 Å². The molecule has 7 heteroatoms. The lowest BCUT2D eigenvalue weighted by Crippen LogP contribution is -2.28. The van der Waals surface area contributed by atoms with Crippen LogP contribution in [0.25, 0.3) is 0 Å². The van der Waals surface area contributed by atoms with Gasteiger partial charge in [0.05, 0.1) is 13.7 Å². The van der Waals surface area contributed by atoms with E-state index >= 15 is 0 Å². The number of aryl methyl sites for hydroxylation is 1. The summed E-state index contributed by atoms with van der Waals surface area (Å²) in [5.41, 5.74) is 1.56. The molecule has 1 amide bonds. The molecule has 0 spiro atoms. The van der Waals surface area contributed by atoms with Gasteiger partial charge in [-0.1, -0.05) is 23.8 Å². The lowest BCUT2D eigenvalue weighted by atomic mass is 10.2. The van der Waals surface area contributed by atoms with E-state index in [0.717, 1.165) is 16.5 Å². The molecule has 0 bridgehead atoms. The first-order chi connectivity index (χ1) is 13.6. The third-order valence-electron chi connectivity index (χ3n) is 3.87. The summed E-state index contributed by atoms with van der Waals surface area (Å²) in [4.78, 5) is 16.5. The molecule has 0 atom stereocenters. The zero-order valence-corrected chi connectivity index (χ0v) is 16.6. The molecule has 0 fully saturated rings. The molecule has 0 saturated heterocycles. The lowest BCUT2D eigenvalue weighted by Gasteiger charge is -2.08. The average molecular weight is 398 g/mol. The van der Waals surface area contributed by atoms with Crippen molar-refractivity contribution < 1.29 is 19.0 Å². The summed E-state index contributed by atoms with van der Waals surface area (Å²) in [6.07, 6.45) is 0. The van der Waals surface area contributed by atoms with Crippen LogP contribution in [0.15, 0.2) is 53.9 Å². The first-order valence-corrected chi connectivity index (χ1v) is 9.71. The minimum absolute atomic E-state index is 0.230. The van der Waals surface area contributed by atoms with E-state index in [0.29, 0.717) is 31.2 Å². The summed E-state index contributed by atoms with van der Waals surface area (Å²) in [5.74, 6) is 1.97. The van der Waals surface area contributed by atoms with E-state index in [9.17, 15) is 4.79 Å². The van der Waals surface area contributed by atoms with Gasteiger partial charge in [0.2, 0.25) is 0 Å². The van der Waals surface area contributed by atoms with Gasteiger partial charge in [0.25, 0.3) is 5.91 Å². The Morgan fingerprint density at radius 1 is 1.07 bits per heavy atom. The van der Waals surface area contributed by atoms with E-state index < -0.39 is 0 Å². The number of amides is 1. The molecule has 146 valence electrons. The smallest absolute Gasteiger partial charge is 0.270 e. The fraction of sp³-hybridized carbons (Fsp3) is 0.238. The number of methoxy groups -OCH3 is 1. The minimum Gasteiger partial charge on any atom is -0.497 e. The molecule has 0 aliphatic carbocycles. The van der Waals surface area contributed by atoms with Crippen molar-refractivity contribution in [1.29, 1.82) is 0 Å². The molecular formula is C21H22N2O4S. The van der Waals surface area contributed by atoms with Crippen LogP contribution in [-0.2, 0) is 6.61 Å². The molecule has 0 aliphatic heterocycles. The number of hydrogen-bond donors (Lipinski definition) is 1. The van der Waals surface area contributed by atoms with Crippen molar-refractivity contribution in [3.63, 3.8) is 0 Å². The molecule has 1 heterocycles. The Labute approximate surface area is 168 Å². The zero-order valence-electron chi connectivity index (χ0n) is 15.8. The molecule has 3 aromatic rings. The highest BCUT2D eigenvalue weighted by Crippen LogP contribution is 2.19. The van der Waals surface area contributed by atoms with Crippen LogP contribution in [0.4, 0.5) is 0 Å². The summed E-state index contributed by atoms with van der Waals surface area (Å²) in [7, 11) is 1.60. The molecule has 28 heavy (non-hydrogen) atoms. The van der Waals surface area contributed by atoms with Crippen LogP contribution in [0.2, 0.25) is 0 Å². The Morgan fingerprint density at radius 3 is 2.64 bits per heavy atom. The zero-order chi connectivity index (χ0) is 19.8. The molecule has 3 rings (SSSR count). The van der Waals surface area contributed by atoms with Crippen LogP contribution in [-0.4, -0.2) is 31.2 Å². The van der Waals surface area contributed by atoms with Gasteiger partial charge in [0, 0.05) is 11.4 Å². The van der Waals surface area contributed by atoms with Gasteiger partial charge in [-0.15, -0.1) is 11.3 Å². The maximum atomic E-state index is 12.2. The molecule has 2 aromatic carbocycles. The fourth-order valence-corrected chi connectivity index (χ4v) is 3.06. The second-order valence-corrected chi connectivity index (χ2v) is 6.95. The summed E-state index contributed by atoms with van der Waals surface area (Å²) in [6, 6.07) is 15.1. The molecular weight excluding hydrogens is 376 g/mol. The normalized spacial score (nSPS) is 10.4. The van der Waals surface area contributed by atoms with Crippen molar-refractivity contribution in [2.24, 2.45) is 0 Å². The Balaban J connectivity index is 1.41. The highest BCUT2D eigenvalue weighted by atomic mass is 32.1. The SMILES string of the molecule is COc1cccc(OCCNC(=O)c2csc(COc3ccc(C)cc3)n2)c1. The molecule has 1 aromatic heterocycles. The summed E-state index contributed by atoms with van der Waals surface area (Å²) in [5, 5.41) is 5.28. The first kappa shape index (κ1) is 19.7. The maximum absolute atomic E-state index is 12.2. The van der Waals surface area contributed by atoms with E-state index in [1.165, 1.54) is 16.9 Å². The van der Waals surface area contributed by atoms with E-state index in [2.05, 4.69) is 10.3 Å². The van der Waals surface area contributed by atoms with Gasteiger partial charge in [0.1, 0.15) is 41.2 Å². The second kappa shape index (κ2) is 9.75. The van der Waals surface area contributed by atoms with E-state index in [1.807, 2.05) is 49.4 Å². The number of carbonyl (C=O) groups excluding carboxylic acids is 1. The topological polar surface area (TPSA) is 69.7 Å². The van der Waals surface area contributed by atoms with Gasteiger partial charge in [0.15, 0.2) is 0 Å². The van der Waals surface area contributed by atoms with Gasteiger partial charge >= 0.3 is 0 Å². The summed E-state index contributed by atoms with van der Waals surface area (Å²) in [6.45, 7) is 3.09. The van der Waals surface area contributed by atoms with Gasteiger partial charge in [-0.05, 0) is 31.2 Å². The highest BCUT2D eigenvalue weighted by molar-refractivity contribution is 7.09. The fourth-order valence-electron chi connectivity index (χ4n) is 2.38. The standard InChI is InChI=1S/C21H22N2O4S/c1-15-6-8-16(9-7-15)27-13-20-23-19(14-28-20)21(24)22-10-11-26-18-5-3-4-17(12-18)25-2/h3-9,12,14H,10-11,13H2,1-2H3,(H,22,24). The average Bonchev–Trinajstić information content (AvgIpc) is 3.20. The number of hydrogen-bond acceptors (Lipinski definition) is 6. The quantitative estimate of drug-likeness (QED) is 0.555. The van der Waals surface area contributed by atoms with Crippen molar-refractivity contribution in [3.8, 4) is 17.2 Å². The number of benzene rings is 2. The predicted molar refractivity (Wildman–Crippen MR) is 108 cm³/mol. The third-order valence-corrected chi connectivity index (χ3v) is 4.69. The summed E-state index contributed by atoms with van der Waals surface area (Å²) < 4.78 is 16.4. The second-order valence-electron chi connectivity index (χ2n) is 6.01. The third kappa shape index (κ3) is 5.72. The van der Waals surface area contributed by atoms with Crippen LogP contribution in [0.1, 0.15) is 21.1 Å². The minimum atomic E-state index is -0.230. The Bertz CT molecular complexity index is 909. The number of carbonyl (C=O) groups is 1. The predicted octanol–water partition coefficient (Wildman–Crippen LogP) is 3.85. The monoisotopic (exact) mass is 398 g/mol. The van der Waals surface area contributed by atoms with Crippen molar-refractivity contribution in [2.75, 3.05) is 20.3 Å². The molecule has 0 unspecified atom stereocenters. The largest absolute Gasteiger partial charge is 0.497 e. The first-order valence-electron chi connectivity index (χ1n) is 8.83. The highest BCUT2D eigenvalue weighted by Gasteiger charge is 2.11. The van der Waals surface area contributed by atoms with Gasteiger partial charge in [-0.25, -0.2) is 4.98 Å². The van der Waals surface area contributed by atoms with Gasteiger partial charge < -0.3 is 19.5 Å². The lowest BCUT2D eigenvalue weighted by molar-refractivity contribution is 0.0942. The van der Waals surface area contributed by atoms with Crippen molar-refractivity contribution in [2.45, 2.75) is 13.5 Å². The van der Waals surface area contributed by atoms with E-state index in [4.69, 9.17) is 14.2 Å². The van der Waals surface area contributed by atoms with Crippen molar-refractivity contribution >= 4 is 17.2 Å². The van der Waals surface area contributed by atoms with Crippen molar-refractivity contribution in [3.05, 3.63) is 70.2 Å². The molecule has 6 nitrogen and oxygen atoms in total. The van der Waals surface area contributed by atoms with Crippen LogP contribution in [0.5, 0.6) is 17.2 Å². The van der Waals surface area contributed by atoms with Gasteiger partial charge in [-0.3, -0.25) is 4.79 Å². The van der Waals surface area contributed by atoms with Crippen LogP contribution < -0.4 is 19.5 Å². The molecule has 1 N–H and O–H groups in total. The molecule has 0 aliphatic rings. The number of rotatable bonds is 9. The van der Waals surface area contributed by atoms with Crippen LogP contribution in [0.3, 0.4) is 0 Å². The number of nitrogens with one attached hydrogen (secondary N) is 1. The van der Waals surface area contributed by atoms with Crippen LogP contribution >= 0.6 is 11.3 Å². The summed E-state index contributed by atoms with van der Waals surface area (Å²) >= 11 is 1.40. The maximum Gasteiger partial charge on any atom is 0.270 e. The molecule has 0 radical (unpaired) electrons. The Hall–Kier alpha value is -3.06. The van der Waals surface area contributed by atoms with Gasteiger partial charge in [-0.2, -0.15) is 0 Å². The van der Waals surface area contributed by atoms with E-state index in [1.54, 1.807) is 18.6 Å². The number of nitrogens with zero attached hydrogens (tertiary/aromatic N) is 1. The Kier molecular flexibility index (Phi) is 6.86. The number of ether oxygens (including phenoxy) is 3. The van der Waals surface area contributed by atoms with E-state index in [-0.39, 0.29) is 5.91 Å². The van der Waals surface area contributed by atoms with Crippen LogP contribution in [0, 0.1) is 6.92 Å². The number of aromatic nitrogens is 1.